The molecule has 4 amide bonds. The van der Waals surface area contributed by atoms with E-state index in [0.29, 0.717) is 10.3 Å². The first-order valence-electron chi connectivity index (χ1n) is 13.3. The second-order valence-electron chi connectivity index (χ2n) is 9.11. The molecule has 2 saturated heterocycles. The van der Waals surface area contributed by atoms with Gasteiger partial charge in [0.2, 0.25) is 22.1 Å². The van der Waals surface area contributed by atoms with Gasteiger partial charge < -0.3 is 10.6 Å². The van der Waals surface area contributed by atoms with Crippen LogP contribution in [0.3, 0.4) is 0 Å². The van der Waals surface area contributed by atoms with Gasteiger partial charge in [-0.3, -0.25) is 29.0 Å². The Labute approximate surface area is 269 Å². The molecule has 2 fully saturated rings. The lowest BCUT2D eigenvalue weighted by Gasteiger charge is -2.14. The topological polar surface area (TPSA) is 150 Å². The second-order valence-corrected chi connectivity index (χ2v) is 14.5. The van der Waals surface area contributed by atoms with Gasteiger partial charge in [-0.2, -0.15) is 0 Å². The van der Waals surface area contributed by atoms with E-state index in [4.69, 9.17) is 24.4 Å². The number of thiocarbonyl (C=S) groups is 2. The molecule has 4 heterocycles. The van der Waals surface area contributed by atoms with Gasteiger partial charge in [0.25, 0.3) is 11.8 Å². The summed E-state index contributed by atoms with van der Waals surface area (Å²) in [5.41, 5.74) is 0. The molecule has 12 nitrogen and oxygen atoms in total. The van der Waals surface area contributed by atoms with Crippen LogP contribution in [0.5, 0.6) is 0 Å². The van der Waals surface area contributed by atoms with E-state index in [1.54, 1.807) is 0 Å². The van der Waals surface area contributed by atoms with Gasteiger partial charge >= 0.3 is 0 Å². The van der Waals surface area contributed by atoms with Crippen molar-refractivity contribution in [3.05, 3.63) is 19.8 Å². The van der Waals surface area contributed by atoms with Gasteiger partial charge in [-0.25, -0.2) is 0 Å². The zero-order valence-electron chi connectivity index (χ0n) is 22.8. The molecule has 0 aromatic carbocycles. The fourth-order valence-corrected chi connectivity index (χ4v) is 8.08. The molecule has 0 saturated carbocycles. The Balaban J connectivity index is 1.29. The van der Waals surface area contributed by atoms with E-state index in [0.717, 1.165) is 72.1 Å². The second kappa shape index (κ2) is 15.4. The number of amides is 4. The highest BCUT2D eigenvalue weighted by Gasteiger charge is 2.42. The quantitative estimate of drug-likeness (QED) is 0.215. The van der Waals surface area contributed by atoms with Crippen LogP contribution in [0.15, 0.2) is 9.81 Å². The van der Waals surface area contributed by atoms with Crippen molar-refractivity contribution in [3.8, 4) is 0 Å². The number of carbonyl (C=O) groups is 4. The van der Waals surface area contributed by atoms with Crippen molar-refractivity contribution in [1.82, 2.24) is 30.2 Å². The van der Waals surface area contributed by atoms with Gasteiger partial charge in [-0.15, -0.1) is 20.4 Å². The minimum atomic E-state index is -0.455. The SMILES string of the molecule is CCCCc1nnc(NC(=O)CCN2C(=O)/C(=C3\SC(=S)N(CCC(=O)Nc4nnc(CCCC)s4)C3=O)SC2=S)s1. The highest BCUT2D eigenvalue weighted by Crippen LogP contribution is 2.42. The third-order valence-electron chi connectivity index (χ3n) is 5.94. The van der Waals surface area contributed by atoms with Gasteiger partial charge in [-0.05, 0) is 12.8 Å². The third kappa shape index (κ3) is 8.37. The van der Waals surface area contributed by atoms with Gasteiger partial charge in [0.15, 0.2) is 0 Å². The summed E-state index contributed by atoms with van der Waals surface area (Å²) >= 11 is 15.4. The Morgan fingerprint density at radius 2 is 1.12 bits per heavy atom. The number of nitrogens with zero attached hydrogens (tertiary/aromatic N) is 6. The van der Waals surface area contributed by atoms with E-state index in [1.807, 2.05) is 0 Å². The molecule has 2 aromatic heterocycles. The van der Waals surface area contributed by atoms with Gasteiger partial charge in [0.1, 0.15) is 18.7 Å². The van der Waals surface area contributed by atoms with Crippen molar-refractivity contribution in [2.24, 2.45) is 0 Å². The Morgan fingerprint density at radius 3 is 1.50 bits per heavy atom. The third-order valence-corrected chi connectivity index (χ3v) is 10.8. The fourth-order valence-electron chi connectivity index (χ4n) is 3.71. The molecule has 2 N–H and O–H groups in total. The molecule has 224 valence electrons. The summed E-state index contributed by atoms with van der Waals surface area (Å²) < 4.78 is 0.501. The molecule has 42 heavy (non-hydrogen) atoms. The van der Waals surface area contributed by atoms with Crippen LogP contribution >= 0.6 is 70.6 Å². The van der Waals surface area contributed by atoms with Crippen LogP contribution in [0.2, 0.25) is 0 Å². The lowest BCUT2D eigenvalue weighted by Crippen LogP contribution is -2.33. The molecule has 2 aliphatic heterocycles. The van der Waals surface area contributed by atoms with Crippen LogP contribution in [0, 0.1) is 0 Å². The Hall–Kier alpha value is -2.38. The van der Waals surface area contributed by atoms with E-state index in [-0.39, 0.29) is 56.2 Å². The largest absolute Gasteiger partial charge is 0.300 e. The molecule has 0 unspecified atom stereocenters. The maximum atomic E-state index is 13.2. The minimum absolute atomic E-state index is 0.00558. The Kier molecular flexibility index (Phi) is 11.9. The average molecular weight is 685 g/mol. The fraction of sp³-hybridized carbons (Fsp3) is 0.500. The van der Waals surface area contributed by atoms with Gasteiger partial charge in [0.05, 0.1) is 9.81 Å². The van der Waals surface area contributed by atoms with Crippen molar-refractivity contribution in [3.63, 3.8) is 0 Å². The molecule has 0 radical (unpaired) electrons. The van der Waals surface area contributed by atoms with Crippen LogP contribution in [0.1, 0.15) is 62.4 Å². The lowest BCUT2D eigenvalue weighted by molar-refractivity contribution is -0.125. The molecule has 4 rings (SSSR count). The van der Waals surface area contributed by atoms with E-state index >= 15 is 0 Å². The van der Waals surface area contributed by atoms with Crippen molar-refractivity contribution in [1.29, 1.82) is 0 Å². The van der Waals surface area contributed by atoms with Gasteiger partial charge in [-0.1, -0.05) is 97.3 Å². The number of hydrogen-bond acceptors (Lipinski definition) is 14. The number of hydrogen-bond donors (Lipinski definition) is 2. The molecule has 18 heteroatoms. The Morgan fingerprint density at radius 1 is 0.714 bits per heavy atom. The van der Waals surface area contributed by atoms with Crippen molar-refractivity contribution in [2.75, 3.05) is 23.7 Å². The molecule has 0 bridgehead atoms. The lowest BCUT2D eigenvalue weighted by atomic mass is 10.3. The number of aryl methyl sites for hydroxylation is 2. The van der Waals surface area contributed by atoms with Gasteiger partial charge in [0, 0.05) is 38.8 Å². The minimum Gasteiger partial charge on any atom is -0.300 e. The predicted molar refractivity (Wildman–Crippen MR) is 174 cm³/mol. The summed E-state index contributed by atoms with van der Waals surface area (Å²) in [5.74, 6) is -1.55. The summed E-state index contributed by atoms with van der Waals surface area (Å²) in [6.45, 7) is 4.28. The predicted octanol–water partition coefficient (Wildman–Crippen LogP) is 4.36. The molecule has 0 spiro atoms. The number of nitrogens with one attached hydrogen (secondary N) is 2. The first-order chi connectivity index (χ1) is 20.2. The maximum absolute atomic E-state index is 13.2. The normalized spacial score (nSPS) is 17.1. The van der Waals surface area contributed by atoms with E-state index < -0.39 is 11.8 Å². The van der Waals surface area contributed by atoms with E-state index in [9.17, 15) is 19.2 Å². The number of carbonyl (C=O) groups excluding carboxylic acids is 4. The summed E-state index contributed by atoms with van der Waals surface area (Å²) in [4.78, 5) is 54.2. The van der Waals surface area contributed by atoms with Crippen LogP contribution in [-0.4, -0.2) is 75.6 Å². The standard InChI is InChI=1S/C24H28N8O4S6/c1-3-5-7-15-27-29-21(39-15)25-13(33)9-11-31-19(35)17(41-23(31)37)18-20(36)32(24(38)42-18)12-10-14(34)26-22-30-28-16(40-22)8-6-4-2/h3-12H2,1-2H3,(H,25,29,33)(H,26,30,34)/b18-17+. The Bertz CT molecular complexity index is 1320. The summed E-state index contributed by atoms with van der Waals surface area (Å²) in [7, 11) is 0. The van der Waals surface area contributed by atoms with Crippen LogP contribution in [0.25, 0.3) is 0 Å². The molecular formula is C24H28N8O4S6. The highest BCUT2D eigenvalue weighted by atomic mass is 32.2. The van der Waals surface area contributed by atoms with Crippen molar-refractivity contribution >= 4 is 113 Å². The summed E-state index contributed by atoms with van der Waals surface area (Å²) in [5, 5.41) is 24.1. The molecule has 2 aliphatic rings. The number of unbranched alkanes of at least 4 members (excludes halogenated alkanes) is 2. The molecular weight excluding hydrogens is 657 g/mol. The van der Waals surface area contributed by atoms with E-state index in [1.165, 1.54) is 32.5 Å². The van der Waals surface area contributed by atoms with Crippen molar-refractivity contribution in [2.45, 2.75) is 65.2 Å². The first kappa shape index (κ1) is 32.5. The first-order valence-corrected chi connectivity index (χ1v) is 17.3. The highest BCUT2D eigenvalue weighted by molar-refractivity contribution is 8.29. The summed E-state index contributed by atoms with van der Waals surface area (Å²) in [6.07, 6.45) is 5.68. The van der Waals surface area contributed by atoms with Crippen LogP contribution in [0.4, 0.5) is 10.3 Å². The smallest absolute Gasteiger partial charge is 0.267 e. The van der Waals surface area contributed by atoms with Crippen molar-refractivity contribution < 1.29 is 19.2 Å². The number of rotatable bonds is 14. The number of anilines is 2. The van der Waals surface area contributed by atoms with Crippen LogP contribution in [-0.2, 0) is 32.0 Å². The monoisotopic (exact) mass is 684 g/mol. The summed E-state index contributed by atoms with van der Waals surface area (Å²) in [6, 6.07) is 0. The maximum Gasteiger partial charge on any atom is 0.267 e. The molecule has 2 aromatic rings. The average Bonchev–Trinajstić information content (AvgIpc) is 3.72. The van der Waals surface area contributed by atoms with E-state index in [2.05, 4.69) is 44.9 Å². The zero-order valence-corrected chi connectivity index (χ0v) is 27.7. The zero-order chi connectivity index (χ0) is 30.2. The number of thioether (sulfide) groups is 2. The molecule has 0 aliphatic carbocycles. The molecule has 0 atom stereocenters. The number of aromatic nitrogens is 4. The van der Waals surface area contributed by atoms with Crippen LogP contribution < -0.4 is 10.6 Å².